The summed E-state index contributed by atoms with van der Waals surface area (Å²) >= 11 is 0. The van der Waals surface area contributed by atoms with Gasteiger partial charge in [0.15, 0.2) is 0 Å². The van der Waals surface area contributed by atoms with E-state index in [0.29, 0.717) is 43.4 Å². The number of para-hydroxylation sites is 2. The quantitative estimate of drug-likeness (QED) is 0.530. The Bertz CT molecular complexity index is 1280. The first-order chi connectivity index (χ1) is 16.4. The molecule has 178 valence electrons. The van der Waals surface area contributed by atoms with E-state index in [-0.39, 0.29) is 16.1 Å². The maximum absolute atomic E-state index is 13.5. The number of methoxy groups -OCH3 is 1. The summed E-state index contributed by atoms with van der Waals surface area (Å²) < 4.78 is 53.4. The molecule has 34 heavy (non-hydrogen) atoms. The van der Waals surface area contributed by atoms with E-state index in [1.165, 1.54) is 37.4 Å². The van der Waals surface area contributed by atoms with Crippen LogP contribution in [0.5, 0.6) is 5.75 Å². The molecule has 1 aliphatic heterocycles. The minimum absolute atomic E-state index is 0.00258. The summed E-state index contributed by atoms with van der Waals surface area (Å²) in [7, 11) is -2.61. The molecule has 1 heterocycles. The molecule has 3 aromatic carbocycles. The topological polar surface area (TPSA) is 97.0 Å². The van der Waals surface area contributed by atoms with Gasteiger partial charge < -0.3 is 19.7 Å². The lowest BCUT2D eigenvalue weighted by molar-refractivity contribution is 0.102. The molecule has 0 radical (unpaired) electrons. The second-order valence-electron chi connectivity index (χ2n) is 7.55. The van der Waals surface area contributed by atoms with E-state index in [9.17, 15) is 17.6 Å². The Morgan fingerprint density at radius 2 is 1.74 bits per heavy atom. The van der Waals surface area contributed by atoms with E-state index in [4.69, 9.17) is 9.47 Å². The number of sulfonamides is 1. The molecule has 3 aromatic rings. The van der Waals surface area contributed by atoms with E-state index in [2.05, 4.69) is 10.0 Å². The van der Waals surface area contributed by atoms with Crippen molar-refractivity contribution in [2.24, 2.45) is 0 Å². The molecule has 0 unspecified atom stereocenters. The van der Waals surface area contributed by atoms with Crippen LogP contribution in [0, 0.1) is 5.82 Å². The van der Waals surface area contributed by atoms with Crippen LogP contribution in [0.4, 0.5) is 21.5 Å². The number of amides is 1. The summed E-state index contributed by atoms with van der Waals surface area (Å²) in [6.45, 7) is 2.00. The highest BCUT2D eigenvalue weighted by molar-refractivity contribution is 7.93. The monoisotopic (exact) mass is 485 g/mol. The Morgan fingerprint density at radius 1 is 1.03 bits per heavy atom. The van der Waals surface area contributed by atoms with Crippen LogP contribution >= 0.6 is 0 Å². The van der Waals surface area contributed by atoms with Gasteiger partial charge in [0.25, 0.3) is 15.9 Å². The molecule has 0 spiro atoms. The maximum atomic E-state index is 13.5. The summed E-state index contributed by atoms with van der Waals surface area (Å²) in [5, 5.41) is 2.69. The molecule has 1 aliphatic rings. The number of nitrogens with zero attached hydrogens (tertiary/aromatic N) is 1. The van der Waals surface area contributed by atoms with Crippen LogP contribution in [0.15, 0.2) is 71.6 Å². The van der Waals surface area contributed by atoms with Crippen LogP contribution in [0.25, 0.3) is 0 Å². The Balaban J connectivity index is 1.70. The number of ether oxygens (including phenoxy) is 2. The normalized spacial score (nSPS) is 13.9. The van der Waals surface area contributed by atoms with Gasteiger partial charge in [-0.3, -0.25) is 9.52 Å². The van der Waals surface area contributed by atoms with Crippen molar-refractivity contribution < 1.29 is 27.1 Å². The molecule has 0 saturated carbocycles. The van der Waals surface area contributed by atoms with Crippen LogP contribution in [-0.2, 0) is 14.8 Å². The van der Waals surface area contributed by atoms with Crippen LogP contribution in [0.1, 0.15) is 10.4 Å². The van der Waals surface area contributed by atoms with Crippen LogP contribution in [-0.4, -0.2) is 47.7 Å². The van der Waals surface area contributed by atoms with Crippen molar-refractivity contribution >= 4 is 33.0 Å². The fourth-order valence-corrected chi connectivity index (χ4v) is 4.93. The smallest absolute Gasteiger partial charge is 0.264 e. The van der Waals surface area contributed by atoms with Gasteiger partial charge in [0.05, 0.1) is 31.7 Å². The SMILES string of the molecule is COc1ccccc1NS(=O)(=O)c1cc(NC(=O)c2ccc(F)cc2)ccc1N1CCOCC1. The molecule has 1 amide bonds. The van der Waals surface area contributed by atoms with Crippen LogP contribution in [0.2, 0.25) is 0 Å². The van der Waals surface area contributed by atoms with Crippen molar-refractivity contribution in [1.29, 1.82) is 0 Å². The Kier molecular flexibility index (Phi) is 6.99. The Labute approximate surface area is 197 Å². The summed E-state index contributed by atoms with van der Waals surface area (Å²) in [4.78, 5) is 14.5. The van der Waals surface area contributed by atoms with Crippen molar-refractivity contribution in [2.45, 2.75) is 4.90 Å². The fourth-order valence-electron chi connectivity index (χ4n) is 3.61. The van der Waals surface area contributed by atoms with E-state index in [1.807, 2.05) is 4.90 Å². The number of hydrogen-bond donors (Lipinski definition) is 2. The zero-order valence-corrected chi connectivity index (χ0v) is 19.3. The first kappa shape index (κ1) is 23.5. The second kappa shape index (κ2) is 10.1. The summed E-state index contributed by atoms with van der Waals surface area (Å²) in [5.41, 5.74) is 1.31. The van der Waals surface area contributed by atoms with Gasteiger partial charge in [-0.15, -0.1) is 0 Å². The molecule has 1 fully saturated rings. The number of nitrogens with one attached hydrogen (secondary N) is 2. The van der Waals surface area contributed by atoms with Crippen molar-refractivity contribution in [2.75, 3.05) is 48.4 Å². The third-order valence-corrected chi connectivity index (χ3v) is 6.71. The van der Waals surface area contributed by atoms with Gasteiger partial charge in [0.1, 0.15) is 16.5 Å². The van der Waals surface area contributed by atoms with Gasteiger partial charge in [-0.1, -0.05) is 12.1 Å². The number of halogens is 1. The average Bonchev–Trinajstić information content (AvgIpc) is 2.85. The molecular weight excluding hydrogens is 461 g/mol. The largest absolute Gasteiger partial charge is 0.495 e. The minimum Gasteiger partial charge on any atom is -0.495 e. The molecule has 4 rings (SSSR count). The minimum atomic E-state index is -4.07. The van der Waals surface area contributed by atoms with Gasteiger partial charge in [-0.05, 0) is 54.6 Å². The van der Waals surface area contributed by atoms with Gasteiger partial charge in [-0.2, -0.15) is 0 Å². The van der Waals surface area contributed by atoms with Gasteiger partial charge >= 0.3 is 0 Å². The summed E-state index contributed by atoms with van der Waals surface area (Å²) in [6.07, 6.45) is 0. The van der Waals surface area contributed by atoms with Crippen LogP contribution in [0.3, 0.4) is 0 Å². The van der Waals surface area contributed by atoms with Crippen molar-refractivity contribution in [1.82, 2.24) is 0 Å². The number of carbonyl (C=O) groups is 1. The standard InChI is InChI=1S/C24H24FN3O5S/c1-32-22-5-3-2-4-20(22)27-34(30,31)23-16-19(10-11-21(23)28-12-14-33-15-13-28)26-24(29)17-6-8-18(25)9-7-17/h2-11,16,27H,12-15H2,1H3,(H,26,29). The van der Waals surface area contributed by atoms with E-state index in [1.54, 1.807) is 36.4 Å². The third-order valence-electron chi connectivity index (χ3n) is 5.32. The molecule has 1 saturated heterocycles. The zero-order valence-electron chi connectivity index (χ0n) is 18.5. The van der Waals surface area contributed by atoms with Gasteiger partial charge in [0, 0.05) is 24.3 Å². The fraction of sp³-hybridized carbons (Fsp3) is 0.208. The van der Waals surface area contributed by atoms with E-state index >= 15 is 0 Å². The predicted octanol–water partition coefficient (Wildman–Crippen LogP) is 3.72. The Hall–Kier alpha value is -3.63. The Morgan fingerprint density at radius 3 is 2.44 bits per heavy atom. The van der Waals surface area contributed by atoms with Crippen molar-refractivity contribution in [3.63, 3.8) is 0 Å². The lowest BCUT2D eigenvalue weighted by Crippen LogP contribution is -2.37. The lowest BCUT2D eigenvalue weighted by Gasteiger charge is -2.30. The molecule has 10 heteroatoms. The first-order valence-electron chi connectivity index (χ1n) is 10.6. The molecule has 0 aliphatic carbocycles. The highest BCUT2D eigenvalue weighted by Gasteiger charge is 2.25. The average molecular weight is 486 g/mol. The van der Waals surface area contributed by atoms with Crippen LogP contribution < -0.4 is 19.7 Å². The molecule has 8 nitrogen and oxygen atoms in total. The van der Waals surface area contributed by atoms with Crippen molar-refractivity contribution in [3.8, 4) is 5.75 Å². The predicted molar refractivity (Wildman–Crippen MR) is 128 cm³/mol. The maximum Gasteiger partial charge on any atom is 0.264 e. The molecule has 0 atom stereocenters. The number of anilines is 3. The summed E-state index contributed by atoms with van der Waals surface area (Å²) in [6, 6.07) is 16.5. The number of carbonyl (C=O) groups excluding carboxylic acids is 1. The highest BCUT2D eigenvalue weighted by Crippen LogP contribution is 2.33. The summed E-state index contributed by atoms with van der Waals surface area (Å²) in [5.74, 6) is -0.567. The number of rotatable bonds is 7. The van der Waals surface area contributed by atoms with E-state index in [0.717, 1.165) is 0 Å². The van der Waals surface area contributed by atoms with Gasteiger partial charge in [0.2, 0.25) is 0 Å². The molecule has 2 N–H and O–H groups in total. The van der Waals surface area contributed by atoms with Crippen molar-refractivity contribution in [3.05, 3.63) is 78.1 Å². The van der Waals surface area contributed by atoms with E-state index < -0.39 is 21.7 Å². The number of benzene rings is 3. The second-order valence-corrected chi connectivity index (χ2v) is 9.20. The van der Waals surface area contributed by atoms with Gasteiger partial charge in [-0.25, -0.2) is 12.8 Å². The molecule has 0 bridgehead atoms. The first-order valence-corrected chi connectivity index (χ1v) is 12.1. The number of hydrogen-bond acceptors (Lipinski definition) is 6. The third kappa shape index (κ3) is 5.29. The zero-order chi connectivity index (χ0) is 24.1. The molecular formula is C24H24FN3O5S. The highest BCUT2D eigenvalue weighted by atomic mass is 32.2. The molecule has 0 aromatic heterocycles. The number of morpholine rings is 1. The lowest BCUT2D eigenvalue weighted by atomic mass is 10.2.